The van der Waals surface area contributed by atoms with Crippen LogP contribution >= 0.6 is 0 Å². The summed E-state index contributed by atoms with van der Waals surface area (Å²) in [5.41, 5.74) is 3.17. The number of hydrogen-bond donors (Lipinski definition) is 1. The molecule has 26 heavy (non-hydrogen) atoms. The predicted octanol–water partition coefficient (Wildman–Crippen LogP) is 5.01. The highest BCUT2D eigenvalue weighted by Crippen LogP contribution is 2.81. The second-order valence-electron chi connectivity index (χ2n) is 10.6. The van der Waals surface area contributed by atoms with Crippen LogP contribution in [0.2, 0.25) is 0 Å². The molecule has 0 amide bonds. The highest BCUT2D eigenvalue weighted by Gasteiger charge is 2.79. The highest BCUT2D eigenvalue weighted by atomic mass is 16.5. The summed E-state index contributed by atoms with van der Waals surface area (Å²) in [7, 11) is 0. The van der Waals surface area contributed by atoms with Gasteiger partial charge in [-0.2, -0.15) is 0 Å². The van der Waals surface area contributed by atoms with E-state index in [4.69, 9.17) is 10.1 Å². The number of nitrogens with one attached hydrogen (secondary N) is 1. The van der Waals surface area contributed by atoms with Crippen LogP contribution in [0.5, 0.6) is 0 Å². The summed E-state index contributed by atoms with van der Waals surface area (Å²) >= 11 is 0. The maximum absolute atomic E-state index is 8.18. The Balaban J connectivity index is 1.34. The van der Waals surface area contributed by atoms with Gasteiger partial charge in [0.05, 0.1) is 12.2 Å². The molecule has 1 aliphatic heterocycles. The molecular formula is C24H31NO. The molecule has 6 aliphatic carbocycles. The lowest BCUT2D eigenvalue weighted by Crippen LogP contribution is -2.56. The number of allylic oxidation sites excluding steroid dienone is 2. The second-order valence-corrected chi connectivity index (χ2v) is 10.6. The molecule has 0 aromatic carbocycles. The first kappa shape index (κ1) is 15.1. The van der Waals surface area contributed by atoms with E-state index in [1.165, 1.54) is 38.5 Å². The number of rotatable bonds is 1. The molecule has 0 aromatic rings. The fourth-order valence-electron chi connectivity index (χ4n) is 9.51. The second kappa shape index (κ2) is 4.57. The smallest absolute Gasteiger partial charge is 0.0957 e. The van der Waals surface area contributed by atoms with Crippen LogP contribution in [0.1, 0.15) is 51.9 Å². The highest BCUT2D eigenvalue weighted by molar-refractivity contribution is 5.94. The van der Waals surface area contributed by atoms with Crippen molar-refractivity contribution >= 4 is 5.71 Å². The fourth-order valence-corrected chi connectivity index (χ4v) is 9.51. The monoisotopic (exact) mass is 349 g/mol. The summed E-state index contributed by atoms with van der Waals surface area (Å²) in [6.45, 7) is 3.32. The minimum Gasteiger partial charge on any atom is -0.366 e. The summed E-state index contributed by atoms with van der Waals surface area (Å²) in [6, 6.07) is 0. The topological polar surface area (TPSA) is 33.1 Å². The van der Waals surface area contributed by atoms with Crippen LogP contribution in [0.4, 0.5) is 0 Å². The van der Waals surface area contributed by atoms with E-state index >= 15 is 0 Å². The van der Waals surface area contributed by atoms with E-state index in [-0.39, 0.29) is 5.60 Å². The molecule has 0 radical (unpaired) electrons. The van der Waals surface area contributed by atoms with Gasteiger partial charge in [0.25, 0.3) is 0 Å². The first-order valence-electron chi connectivity index (χ1n) is 11.3. The third-order valence-corrected chi connectivity index (χ3v) is 10.3. The van der Waals surface area contributed by atoms with E-state index in [0.717, 1.165) is 66.1 Å². The van der Waals surface area contributed by atoms with E-state index in [2.05, 4.69) is 25.2 Å². The molecular weight excluding hydrogens is 318 g/mol. The van der Waals surface area contributed by atoms with E-state index in [1.54, 1.807) is 5.57 Å². The van der Waals surface area contributed by atoms with Crippen molar-refractivity contribution in [1.29, 1.82) is 5.41 Å². The van der Waals surface area contributed by atoms with Gasteiger partial charge < -0.3 is 10.1 Å². The minimum atomic E-state index is 0.108. The lowest BCUT2D eigenvalue weighted by Gasteiger charge is -2.58. The Hall–Kier alpha value is -0.890. The quantitative estimate of drug-likeness (QED) is 0.664. The van der Waals surface area contributed by atoms with Gasteiger partial charge in [-0.05, 0) is 98.4 Å². The summed E-state index contributed by atoms with van der Waals surface area (Å²) < 4.78 is 6.62. The Morgan fingerprint density at radius 1 is 1.15 bits per heavy atom. The SMILES string of the molecule is CC[C@]12CCC3C(C4CC4C4=CC(=N)CC[C@@H]43)C1C1CC1[C@@]21C=CCO1. The van der Waals surface area contributed by atoms with Gasteiger partial charge in [0, 0.05) is 11.1 Å². The molecule has 2 nitrogen and oxygen atoms in total. The first-order chi connectivity index (χ1) is 12.7. The molecule has 7 rings (SSSR count). The van der Waals surface area contributed by atoms with Gasteiger partial charge in [-0.15, -0.1) is 0 Å². The number of fused-ring (bicyclic) bond motifs is 12. The lowest BCUT2D eigenvalue weighted by atomic mass is 9.48. The molecule has 5 fully saturated rings. The molecule has 7 unspecified atom stereocenters. The zero-order valence-electron chi connectivity index (χ0n) is 15.9. The maximum atomic E-state index is 8.18. The van der Waals surface area contributed by atoms with Crippen molar-refractivity contribution in [3.05, 3.63) is 23.8 Å². The van der Waals surface area contributed by atoms with Gasteiger partial charge in [-0.1, -0.05) is 24.6 Å². The van der Waals surface area contributed by atoms with Gasteiger partial charge >= 0.3 is 0 Å². The molecule has 1 heterocycles. The Bertz CT molecular complexity index is 766. The molecule has 0 saturated heterocycles. The summed E-state index contributed by atoms with van der Waals surface area (Å²) in [5.74, 6) is 7.23. The normalized spacial score (nSPS) is 60.7. The molecule has 2 heteroatoms. The maximum Gasteiger partial charge on any atom is 0.0957 e. The molecule has 0 aromatic heterocycles. The number of hydrogen-bond acceptors (Lipinski definition) is 2. The lowest BCUT2D eigenvalue weighted by molar-refractivity contribution is -0.145. The van der Waals surface area contributed by atoms with E-state index < -0.39 is 0 Å². The Labute approximate surface area is 157 Å². The Morgan fingerprint density at radius 2 is 2.08 bits per heavy atom. The summed E-state index contributed by atoms with van der Waals surface area (Å²) in [5, 5.41) is 8.18. The van der Waals surface area contributed by atoms with Crippen LogP contribution in [0.15, 0.2) is 23.8 Å². The van der Waals surface area contributed by atoms with Crippen LogP contribution in [-0.4, -0.2) is 17.9 Å². The zero-order valence-corrected chi connectivity index (χ0v) is 15.9. The largest absolute Gasteiger partial charge is 0.366 e. The van der Waals surface area contributed by atoms with Crippen molar-refractivity contribution < 1.29 is 4.74 Å². The van der Waals surface area contributed by atoms with Gasteiger partial charge in [0.1, 0.15) is 0 Å². The number of ether oxygens (including phenoxy) is 1. The van der Waals surface area contributed by atoms with Crippen molar-refractivity contribution in [2.24, 2.45) is 52.8 Å². The van der Waals surface area contributed by atoms with Crippen molar-refractivity contribution in [1.82, 2.24) is 0 Å². The average Bonchev–Trinajstić information content (AvgIpc) is 3.56. The average molecular weight is 350 g/mol. The van der Waals surface area contributed by atoms with E-state index in [1.807, 2.05) is 0 Å². The van der Waals surface area contributed by atoms with Crippen molar-refractivity contribution in [2.75, 3.05) is 6.61 Å². The zero-order chi connectivity index (χ0) is 17.3. The van der Waals surface area contributed by atoms with Crippen LogP contribution in [-0.2, 0) is 4.74 Å². The molecule has 0 bridgehead atoms. The van der Waals surface area contributed by atoms with Crippen molar-refractivity contribution in [3.63, 3.8) is 0 Å². The van der Waals surface area contributed by atoms with Crippen LogP contribution in [0, 0.1) is 58.2 Å². The Kier molecular flexibility index (Phi) is 2.65. The molecule has 1 spiro atoms. The van der Waals surface area contributed by atoms with Gasteiger partial charge in [0.2, 0.25) is 0 Å². The van der Waals surface area contributed by atoms with Crippen molar-refractivity contribution in [3.8, 4) is 0 Å². The van der Waals surface area contributed by atoms with Gasteiger partial charge in [0.15, 0.2) is 0 Å². The van der Waals surface area contributed by atoms with Crippen LogP contribution < -0.4 is 0 Å². The van der Waals surface area contributed by atoms with Crippen LogP contribution in [0.25, 0.3) is 0 Å². The van der Waals surface area contributed by atoms with Gasteiger partial charge in [-0.3, -0.25) is 0 Å². The van der Waals surface area contributed by atoms with E-state index in [9.17, 15) is 0 Å². The predicted molar refractivity (Wildman–Crippen MR) is 102 cm³/mol. The standard InChI is InChI=1S/C24H31NO/c1-2-23-8-6-15-14-5-4-13(25)10-16(14)17-11-18(17)21(15)22(23)19-12-20(19)24(23)7-3-9-26-24/h3,7,10,14-15,17-22,25H,2,4-6,8-9,11-12H2,1H3/t14-,15?,17?,18?,19?,20?,21?,22?,23+,24+/m1/s1. The fraction of sp³-hybridized carbons (Fsp3) is 0.792. The Morgan fingerprint density at radius 3 is 2.88 bits per heavy atom. The molecule has 138 valence electrons. The molecule has 10 atom stereocenters. The molecule has 5 saturated carbocycles. The molecule has 7 aliphatic rings. The van der Waals surface area contributed by atoms with Crippen molar-refractivity contribution in [2.45, 2.75) is 57.5 Å². The minimum absolute atomic E-state index is 0.108. The summed E-state index contributed by atoms with van der Waals surface area (Å²) in [4.78, 5) is 0. The van der Waals surface area contributed by atoms with Crippen LogP contribution in [0.3, 0.4) is 0 Å². The third kappa shape index (κ3) is 1.49. The van der Waals surface area contributed by atoms with Gasteiger partial charge in [-0.25, -0.2) is 0 Å². The summed E-state index contributed by atoms with van der Waals surface area (Å²) in [6.07, 6.45) is 16.5. The first-order valence-corrected chi connectivity index (χ1v) is 11.3. The van der Waals surface area contributed by atoms with E-state index in [0.29, 0.717) is 5.41 Å². The molecule has 1 N–H and O–H groups in total. The third-order valence-electron chi connectivity index (χ3n) is 10.3.